The van der Waals surface area contributed by atoms with Crippen molar-refractivity contribution in [3.8, 4) is 0 Å². The minimum absolute atomic E-state index is 0.336. The lowest BCUT2D eigenvalue weighted by atomic mass is 10.2. The highest BCUT2D eigenvalue weighted by molar-refractivity contribution is 9.10. The van der Waals surface area contributed by atoms with Gasteiger partial charge in [0.1, 0.15) is 0 Å². The van der Waals surface area contributed by atoms with Crippen molar-refractivity contribution in [2.45, 2.75) is 6.18 Å². The molecule has 0 saturated heterocycles. The van der Waals surface area contributed by atoms with E-state index in [9.17, 15) is 18.0 Å². The first-order chi connectivity index (χ1) is 5.91. The highest BCUT2D eigenvalue weighted by Gasteiger charge is 2.39. The number of carbonyl (C=O) groups is 1. The van der Waals surface area contributed by atoms with Crippen molar-refractivity contribution in [1.82, 2.24) is 4.98 Å². The smallest absolute Gasteiger partial charge is 0.284 e. The molecule has 0 atom stereocenters. The minimum atomic E-state index is -4.84. The van der Waals surface area contributed by atoms with Crippen molar-refractivity contribution < 1.29 is 18.0 Å². The summed E-state index contributed by atoms with van der Waals surface area (Å²) in [4.78, 5) is 14.1. The zero-order valence-electron chi connectivity index (χ0n) is 6.10. The van der Waals surface area contributed by atoms with Crippen LogP contribution in [0.1, 0.15) is 10.4 Å². The molecule has 70 valence electrons. The van der Waals surface area contributed by atoms with Crippen molar-refractivity contribution in [1.29, 1.82) is 0 Å². The van der Waals surface area contributed by atoms with Crippen molar-refractivity contribution in [2.75, 3.05) is 0 Å². The molecule has 13 heavy (non-hydrogen) atoms. The molecule has 0 saturated carbocycles. The molecule has 0 N–H and O–H groups in total. The highest BCUT2D eigenvalue weighted by Crippen LogP contribution is 2.22. The Bertz CT molecular complexity index is 337. The molecule has 1 rings (SSSR count). The first-order valence-corrected chi connectivity index (χ1v) is 3.92. The highest BCUT2D eigenvalue weighted by atomic mass is 79.9. The van der Waals surface area contributed by atoms with Gasteiger partial charge in [-0.25, -0.2) is 0 Å². The number of hydrogen-bond acceptors (Lipinski definition) is 2. The lowest BCUT2D eigenvalue weighted by Crippen LogP contribution is -2.22. The fraction of sp³-hybridized carbons (Fsp3) is 0.143. The van der Waals surface area contributed by atoms with Gasteiger partial charge in [-0.3, -0.25) is 9.78 Å². The largest absolute Gasteiger partial charge is 0.454 e. The van der Waals surface area contributed by atoms with E-state index in [1.54, 1.807) is 0 Å². The average molecular weight is 254 g/mol. The van der Waals surface area contributed by atoms with Crippen LogP contribution in [0.2, 0.25) is 0 Å². The maximum atomic E-state index is 11.9. The number of pyridine rings is 1. The molecule has 2 nitrogen and oxygen atoms in total. The molecule has 0 aliphatic heterocycles. The van der Waals surface area contributed by atoms with Crippen LogP contribution in [0.15, 0.2) is 22.9 Å². The zero-order valence-corrected chi connectivity index (χ0v) is 7.69. The Balaban J connectivity index is 3.03. The predicted molar refractivity (Wildman–Crippen MR) is 42.3 cm³/mol. The monoisotopic (exact) mass is 253 g/mol. The summed E-state index contributed by atoms with van der Waals surface area (Å²) in [5.74, 6) is -1.89. The molecule has 0 unspecified atom stereocenters. The van der Waals surface area contributed by atoms with E-state index in [1.807, 2.05) is 0 Å². The number of halogens is 4. The first-order valence-electron chi connectivity index (χ1n) is 3.13. The van der Waals surface area contributed by atoms with Crippen LogP contribution in [0.5, 0.6) is 0 Å². The van der Waals surface area contributed by atoms with Crippen LogP contribution < -0.4 is 0 Å². The Kier molecular flexibility index (Phi) is 2.70. The topological polar surface area (TPSA) is 30.0 Å². The molecule has 0 bridgehead atoms. The molecule has 0 spiro atoms. The summed E-state index contributed by atoms with van der Waals surface area (Å²) in [6, 6.07) is 1.07. The number of rotatable bonds is 1. The van der Waals surface area contributed by atoms with Gasteiger partial charge >= 0.3 is 6.18 Å². The van der Waals surface area contributed by atoms with Crippen LogP contribution in [-0.2, 0) is 0 Å². The maximum Gasteiger partial charge on any atom is 0.454 e. The SMILES string of the molecule is O=C(c1cncc(Br)c1)C(F)(F)F. The van der Waals surface area contributed by atoms with Crippen LogP contribution in [0.4, 0.5) is 13.2 Å². The molecule has 1 aromatic rings. The van der Waals surface area contributed by atoms with Crippen molar-refractivity contribution in [3.05, 3.63) is 28.5 Å². The first kappa shape index (κ1) is 10.2. The van der Waals surface area contributed by atoms with E-state index in [0.29, 0.717) is 4.47 Å². The van der Waals surface area contributed by atoms with Crippen LogP contribution in [-0.4, -0.2) is 16.9 Å². The summed E-state index contributed by atoms with van der Waals surface area (Å²) in [6.07, 6.45) is -2.67. The van der Waals surface area contributed by atoms with Crippen molar-refractivity contribution in [3.63, 3.8) is 0 Å². The van der Waals surface area contributed by atoms with Crippen molar-refractivity contribution in [2.24, 2.45) is 0 Å². The second-order valence-electron chi connectivity index (χ2n) is 2.22. The van der Waals surface area contributed by atoms with Gasteiger partial charge in [0, 0.05) is 22.4 Å². The van der Waals surface area contributed by atoms with Gasteiger partial charge in [-0.15, -0.1) is 0 Å². The summed E-state index contributed by atoms with van der Waals surface area (Å²) in [6.45, 7) is 0. The van der Waals surface area contributed by atoms with Crippen molar-refractivity contribution >= 4 is 21.7 Å². The van der Waals surface area contributed by atoms with E-state index in [0.717, 1.165) is 12.3 Å². The summed E-state index contributed by atoms with van der Waals surface area (Å²) in [7, 11) is 0. The Morgan fingerprint density at radius 1 is 1.38 bits per heavy atom. The summed E-state index contributed by atoms with van der Waals surface area (Å²) in [5, 5.41) is 0. The Labute approximate surface area is 79.9 Å². The molecule has 0 aromatic carbocycles. The lowest BCUT2D eigenvalue weighted by Gasteiger charge is -2.03. The second-order valence-corrected chi connectivity index (χ2v) is 3.13. The third kappa shape index (κ3) is 2.51. The van der Waals surface area contributed by atoms with E-state index in [1.165, 1.54) is 6.20 Å². The maximum absolute atomic E-state index is 11.9. The number of alkyl halides is 3. The fourth-order valence-corrected chi connectivity index (χ4v) is 1.06. The fourth-order valence-electron chi connectivity index (χ4n) is 0.700. The van der Waals surface area contributed by atoms with Crippen LogP contribution >= 0.6 is 15.9 Å². The second kappa shape index (κ2) is 3.45. The predicted octanol–water partition coefficient (Wildman–Crippen LogP) is 2.59. The summed E-state index contributed by atoms with van der Waals surface area (Å²) >= 11 is 2.92. The number of aromatic nitrogens is 1. The molecular weight excluding hydrogens is 251 g/mol. The van der Waals surface area contributed by atoms with Gasteiger partial charge in [0.25, 0.3) is 5.78 Å². The molecule has 1 aromatic heterocycles. The Morgan fingerprint density at radius 3 is 2.46 bits per heavy atom. The van der Waals surface area contributed by atoms with E-state index < -0.39 is 17.5 Å². The quantitative estimate of drug-likeness (QED) is 0.721. The molecule has 0 aliphatic rings. The third-order valence-electron chi connectivity index (χ3n) is 1.22. The molecule has 0 radical (unpaired) electrons. The van der Waals surface area contributed by atoms with E-state index in [4.69, 9.17) is 0 Å². The molecule has 0 aliphatic carbocycles. The molecule has 1 heterocycles. The average Bonchev–Trinajstić information content (AvgIpc) is 2.01. The van der Waals surface area contributed by atoms with Gasteiger partial charge in [-0.1, -0.05) is 0 Å². The van der Waals surface area contributed by atoms with E-state index in [2.05, 4.69) is 20.9 Å². The van der Waals surface area contributed by atoms with E-state index in [-0.39, 0.29) is 0 Å². The van der Waals surface area contributed by atoms with E-state index >= 15 is 0 Å². The van der Waals surface area contributed by atoms with Gasteiger partial charge in [-0.05, 0) is 22.0 Å². The van der Waals surface area contributed by atoms with Gasteiger partial charge in [0.05, 0.1) is 0 Å². The van der Waals surface area contributed by atoms with Gasteiger partial charge in [-0.2, -0.15) is 13.2 Å². The standard InChI is InChI=1S/C7H3BrF3NO/c8-5-1-4(2-12-3-5)6(13)7(9,10)11/h1-3H. The number of nitrogens with zero attached hydrogens (tertiary/aromatic N) is 1. The summed E-state index contributed by atoms with van der Waals surface area (Å²) in [5.41, 5.74) is -0.470. The Morgan fingerprint density at radius 2 is 2.00 bits per heavy atom. The number of Topliss-reactive ketones (excluding diaryl/α,β-unsaturated/α-hetero) is 1. The zero-order chi connectivity index (χ0) is 10.1. The lowest BCUT2D eigenvalue weighted by molar-refractivity contribution is -0.0885. The van der Waals surface area contributed by atoms with Gasteiger partial charge < -0.3 is 0 Å². The normalized spacial score (nSPS) is 11.4. The third-order valence-corrected chi connectivity index (χ3v) is 1.66. The van der Waals surface area contributed by atoms with Crippen LogP contribution in [0, 0.1) is 0 Å². The summed E-state index contributed by atoms with van der Waals surface area (Å²) < 4.78 is 36.0. The molecule has 0 amide bonds. The van der Waals surface area contributed by atoms with Crippen LogP contribution in [0.25, 0.3) is 0 Å². The molecular formula is C7H3BrF3NO. The minimum Gasteiger partial charge on any atom is -0.284 e. The number of hydrogen-bond donors (Lipinski definition) is 0. The van der Waals surface area contributed by atoms with Gasteiger partial charge in [0.2, 0.25) is 0 Å². The Hall–Kier alpha value is -0.910. The molecule has 0 fully saturated rings. The van der Waals surface area contributed by atoms with Gasteiger partial charge in [0.15, 0.2) is 0 Å². The number of carbonyl (C=O) groups excluding carboxylic acids is 1. The molecule has 6 heteroatoms. The number of ketones is 1. The van der Waals surface area contributed by atoms with Crippen LogP contribution in [0.3, 0.4) is 0 Å².